The van der Waals surface area contributed by atoms with Crippen LogP contribution in [0.3, 0.4) is 0 Å². The Morgan fingerprint density at radius 2 is 1.96 bits per heavy atom. The number of anilines is 1. The van der Waals surface area contributed by atoms with Gasteiger partial charge in [0.1, 0.15) is 5.82 Å². The van der Waals surface area contributed by atoms with Crippen molar-refractivity contribution >= 4 is 40.5 Å². The van der Waals surface area contributed by atoms with Crippen LogP contribution in [0.1, 0.15) is 12.0 Å². The number of carbonyl (C=O) groups excluding carboxylic acids is 1. The number of benzene rings is 2. The van der Waals surface area contributed by atoms with Crippen LogP contribution in [-0.2, 0) is 9.63 Å². The first-order valence-corrected chi connectivity index (χ1v) is 7.53. The lowest BCUT2D eigenvalue weighted by molar-refractivity contribution is -0.125. The summed E-state index contributed by atoms with van der Waals surface area (Å²) in [6.45, 7) is 0. The molecule has 23 heavy (non-hydrogen) atoms. The highest BCUT2D eigenvalue weighted by Crippen LogP contribution is 2.26. The van der Waals surface area contributed by atoms with Gasteiger partial charge in [-0.1, -0.05) is 40.5 Å². The van der Waals surface area contributed by atoms with Crippen molar-refractivity contribution in [1.82, 2.24) is 0 Å². The van der Waals surface area contributed by atoms with E-state index in [9.17, 15) is 9.18 Å². The molecule has 1 aliphatic heterocycles. The van der Waals surface area contributed by atoms with E-state index in [2.05, 4.69) is 10.5 Å². The maximum absolute atomic E-state index is 12.9. The summed E-state index contributed by atoms with van der Waals surface area (Å²) in [5.74, 6) is -0.699. The molecule has 1 N–H and O–H groups in total. The predicted molar refractivity (Wildman–Crippen MR) is 87.5 cm³/mol. The van der Waals surface area contributed by atoms with Gasteiger partial charge in [0.05, 0.1) is 16.4 Å². The molecule has 3 rings (SSSR count). The number of oxime groups is 1. The number of rotatable bonds is 3. The Morgan fingerprint density at radius 1 is 1.22 bits per heavy atom. The maximum atomic E-state index is 12.9. The molecule has 0 aliphatic carbocycles. The van der Waals surface area contributed by atoms with E-state index < -0.39 is 6.10 Å². The molecule has 7 heteroatoms. The highest BCUT2D eigenvalue weighted by Gasteiger charge is 2.29. The van der Waals surface area contributed by atoms with Crippen LogP contribution in [0.25, 0.3) is 0 Å². The van der Waals surface area contributed by atoms with Gasteiger partial charge in [0.2, 0.25) is 6.10 Å². The minimum atomic E-state index is -0.762. The molecule has 0 aromatic heterocycles. The zero-order chi connectivity index (χ0) is 16.4. The quantitative estimate of drug-likeness (QED) is 0.896. The van der Waals surface area contributed by atoms with Crippen LogP contribution < -0.4 is 5.32 Å². The molecule has 0 saturated carbocycles. The summed E-state index contributed by atoms with van der Waals surface area (Å²) >= 11 is 11.8. The second-order valence-corrected chi connectivity index (χ2v) is 5.80. The molecule has 2 aromatic carbocycles. The number of hydrogen-bond acceptors (Lipinski definition) is 3. The second-order valence-electron chi connectivity index (χ2n) is 4.96. The lowest BCUT2D eigenvalue weighted by Gasteiger charge is -2.11. The smallest absolute Gasteiger partial charge is 0.268 e. The van der Waals surface area contributed by atoms with E-state index in [4.69, 9.17) is 28.0 Å². The zero-order valence-electron chi connectivity index (χ0n) is 11.7. The van der Waals surface area contributed by atoms with E-state index in [0.717, 1.165) is 0 Å². The molecule has 0 radical (unpaired) electrons. The molecule has 1 amide bonds. The molecule has 4 nitrogen and oxygen atoms in total. The SMILES string of the molecule is O=C(Nc1ccc(Cl)cc1Cl)[C@@H]1CC(c2ccc(F)cc2)=NO1. The lowest BCUT2D eigenvalue weighted by Crippen LogP contribution is -2.28. The number of hydrogen-bond donors (Lipinski definition) is 1. The molecule has 0 spiro atoms. The van der Waals surface area contributed by atoms with Gasteiger partial charge in [0.15, 0.2) is 0 Å². The summed E-state index contributed by atoms with van der Waals surface area (Å²) in [6.07, 6.45) is -0.468. The van der Waals surface area contributed by atoms with Gasteiger partial charge in [-0.05, 0) is 35.9 Å². The van der Waals surface area contributed by atoms with Crippen molar-refractivity contribution in [2.75, 3.05) is 5.32 Å². The number of amides is 1. The van der Waals surface area contributed by atoms with Crippen molar-refractivity contribution < 1.29 is 14.0 Å². The van der Waals surface area contributed by atoms with Crippen molar-refractivity contribution in [2.45, 2.75) is 12.5 Å². The monoisotopic (exact) mass is 352 g/mol. The zero-order valence-corrected chi connectivity index (χ0v) is 13.2. The van der Waals surface area contributed by atoms with E-state index in [1.807, 2.05) is 0 Å². The first-order valence-electron chi connectivity index (χ1n) is 6.77. The standard InChI is InChI=1S/C16H11Cl2FN2O2/c17-10-3-6-13(12(18)7-10)20-16(22)15-8-14(21-23-15)9-1-4-11(19)5-2-9/h1-7,15H,8H2,(H,20,22)/t15-/m0/s1. The van der Waals surface area contributed by atoms with Gasteiger partial charge in [-0.2, -0.15) is 0 Å². The Hall–Kier alpha value is -2.11. The first kappa shape index (κ1) is 15.8. The highest BCUT2D eigenvalue weighted by molar-refractivity contribution is 6.36. The molecule has 118 valence electrons. The van der Waals surface area contributed by atoms with Crippen LogP contribution in [-0.4, -0.2) is 17.7 Å². The van der Waals surface area contributed by atoms with E-state index in [0.29, 0.717) is 33.4 Å². The maximum Gasteiger partial charge on any atom is 0.268 e. The average Bonchev–Trinajstić information content (AvgIpc) is 3.01. The van der Waals surface area contributed by atoms with Crippen molar-refractivity contribution in [1.29, 1.82) is 0 Å². The fourth-order valence-electron chi connectivity index (χ4n) is 2.13. The Bertz CT molecular complexity index is 778. The molecular formula is C16H11Cl2FN2O2. The Kier molecular flexibility index (Phi) is 4.50. The summed E-state index contributed by atoms with van der Waals surface area (Å²) in [7, 11) is 0. The summed E-state index contributed by atoms with van der Waals surface area (Å²) in [6, 6.07) is 10.6. The summed E-state index contributed by atoms with van der Waals surface area (Å²) in [4.78, 5) is 17.4. The van der Waals surface area contributed by atoms with Crippen LogP contribution in [0.5, 0.6) is 0 Å². The van der Waals surface area contributed by atoms with E-state index in [-0.39, 0.29) is 11.7 Å². The van der Waals surface area contributed by atoms with Gasteiger partial charge in [0, 0.05) is 11.4 Å². The van der Waals surface area contributed by atoms with Crippen LogP contribution in [0.4, 0.5) is 10.1 Å². The van der Waals surface area contributed by atoms with Crippen molar-refractivity contribution in [3.05, 3.63) is 63.9 Å². The van der Waals surface area contributed by atoms with Gasteiger partial charge in [0.25, 0.3) is 5.91 Å². The van der Waals surface area contributed by atoms with Crippen molar-refractivity contribution in [2.24, 2.45) is 5.16 Å². The van der Waals surface area contributed by atoms with Gasteiger partial charge in [-0.25, -0.2) is 4.39 Å². The van der Waals surface area contributed by atoms with Crippen molar-refractivity contribution in [3.8, 4) is 0 Å². The highest BCUT2D eigenvalue weighted by atomic mass is 35.5. The number of nitrogens with one attached hydrogen (secondary N) is 1. The number of halogens is 3. The van der Waals surface area contributed by atoms with Crippen molar-refractivity contribution in [3.63, 3.8) is 0 Å². The van der Waals surface area contributed by atoms with E-state index in [1.54, 1.807) is 24.3 Å². The first-order chi connectivity index (χ1) is 11.0. The molecule has 1 aliphatic rings. The molecule has 2 aromatic rings. The molecule has 0 unspecified atom stereocenters. The third-order valence-electron chi connectivity index (χ3n) is 3.33. The van der Waals surface area contributed by atoms with Crippen LogP contribution in [0, 0.1) is 5.82 Å². The normalized spacial score (nSPS) is 16.7. The average molecular weight is 353 g/mol. The lowest BCUT2D eigenvalue weighted by atomic mass is 10.0. The van der Waals surface area contributed by atoms with Gasteiger partial charge >= 0.3 is 0 Å². The number of carbonyl (C=O) groups is 1. The Labute approximate surface area is 141 Å². The van der Waals surface area contributed by atoms with Gasteiger partial charge in [-0.15, -0.1) is 0 Å². The molecule has 0 saturated heterocycles. The fraction of sp³-hybridized carbons (Fsp3) is 0.125. The molecule has 0 fully saturated rings. The number of nitrogens with zero attached hydrogens (tertiary/aromatic N) is 1. The Balaban J connectivity index is 1.65. The molecular weight excluding hydrogens is 342 g/mol. The summed E-state index contributed by atoms with van der Waals surface area (Å²) in [5, 5.41) is 7.38. The largest absolute Gasteiger partial charge is 0.382 e. The van der Waals surface area contributed by atoms with Crippen LogP contribution >= 0.6 is 23.2 Å². The minimum absolute atomic E-state index is 0.294. The fourth-order valence-corrected chi connectivity index (χ4v) is 2.59. The third-order valence-corrected chi connectivity index (χ3v) is 3.88. The van der Waals surface area contributed by atoms with Crippen LogP contribution in [0.15, 0.2) is 47.6 Å². The van der Waals surface area contributed by atoms with Gasteiger partial charge < -0.3 is 10.2 Å². The minimum Gasteiger partial charge on any atom is -0.382 e. The second kappa shape index (κ2) is 6.56. The predicted octanol–water partition coefficient (Wildman–Crippen LogP) is 4.26. The summed E-state index contributed by atoms with van der Waals surface area (Å²) in [5.41, 5.74) is 1.75. The van der Waals surface area contributed by atoms with E-state index >= 15 is 0 Å². The third kappa shape index (κ3) is 3.63. The summed E-state index contributed by atoms with van der Waals surface area (Å²) < 4.78 is 12.9. The van der Waals surface area contributed by atoms with Crippen LogP contribution in [0.2, 0.25) is 10.0 Å². The molecule has 0 bridgehead atoms. The van der Waals surface area contributed by atoms with Gasteiger partial charge in [-0.3, -0.25) is 4.79 Å². The van der Waals surface area contributed by atoms with E-state index in [1.165, 1.54) is 18.2 Å². The topological polar surface area (TPSA) is 50.7 Å². The Morgan fingerprint density at radius 3 is 2.65 bits per heavy atom. The molecule has 1 heterocycles. The molecule has 1 atom stereocenters.